The second-order valence-electron chi connectivity index (χ2n) is 6.70. The van der Waals surface area contributed by atoms with E-state index in [9.17, 15) is 9.18 Å². The highest BCUT2D eigenvalue weighted by Crippen LogP contribution is 2.16. The van der Waals surface area contributed by atoms with E-state index in [1.165, 1.54) is 17.4 Å². The Morgan fingerprint density at radius 2 is 1.95 bits per heavy atom. The first kappa shape index (κ1) is 15.5. The van der Waals surface area contributed by atoms with Crippen molar-refractivity contribution in [1.29, 1.82) is 0 Å². The number of piperidine rings is 2. The summed E-state index contributed by atoms with van der Waals surface area (Å²) in [6.07, 6.45) is 5.59. The van der Waals surface area contributed by atoms with Gasteiger partial charge in [0.2, 0.25) is 5.91 Å². The van der Waals surface area contributed by atoms with Gasteiger partial charge in [-0.2, -0.15) is 0 Å². The minimum atomic E-state index is -0.125. The molecule has 1 amide bonds. The monoisotopic (exact) mass is 305 g/mol. The molecule has 2 saturated heterocycles. The van der Waals surface area contributed by atoms with Crippen LogP contribution in [-0.2, 0) is 11.3 Å². The van der Waals surface area contributed by atoms with Crippen LogP contribution in [0.3, 0.4) is 0 Å². The topological polar surface area (TPSA) is 24.8 Å². The molecule has 2 fully saturated rings. The quantitative estimate of drug-likeness (QED) is 0.902. The molecule has 0 bridgehead atoms. The number of likely N-dealkylation sites (tertiary alicyclic amines) is 2. The van der Waals surface area contributed by atoms with Crippen LogP contribution in [0.4, 0.5) is 4.39 Å². The van der Waals surface area contributed by atoms with Gasteiger partial charge >= 0.3 is 0 Å². The number of nitrogens with zero attached hydrogens (tertiary/aromatic N) is 1. The summed E-state index contributed by atoms with van der Waals surface area (Å²) >= 11 is 0. The Morgan fingerprint density at radius 1 is 1.18 bits per heavy atom. The van der Waals surface area contributed by atoms with E-state index in [1.54, 1.807) is 6.07 Å². The molecule has 2 heterocycles. The van der Waals surface area contributed by atoms with Gasteiger partial charge in [-0.15, -0.1) is 0 Å². The van der Waals surface area contributed by atoms with Gasteiger partial charge in [-0.3, -0.25) is 4.79 Å². The van der Waals surface area contributed by atoms with E-state index in [0.717, 1.165) is 57.4 Å². The summed E-state index contributed by atoms with van der Waals surface area (Å²) < 4.78 is 13.8. The Hall–Kier alpha value is -1.42. The lowest BCUT2D eigenvalue weighted by molar-refractivity contribution is -0.921. The largest absolute Gasteiger partial charge is 0.342 e. The van der Waals surface area contributed by atoms with Crippen molar-refractivity contribution >= 4 is 5.91 Å². The first-order valence-corrected chi connectivity index (χ1v) is 8.60. The maximum absolute atomic E-state index is 13.8. The summed E-state index contributed by atoms with van der Waals surface area (Å²) in [7, 11) is 0. The zero-order chi connectivity index (χ0) is 15.4. The molecule has 120 valence electrons. The van der Waals surface area contributed by atoms with E-state index in [4.69, 9.17) is 0 Å². The fourth-order valence-electron chi connectivity index (χ4n) is 3.81. The molecule has 4 heteroatoms. The van der Waals surface area contributed by atoms with Crippen LogP contribution >= 0.6 is 0 Å². The van der Waals surface area contributed by atoms with E-state index in [1.807, 2.05) is 12.1 Å². The number of carbonyl (C=O) groups is 1. The summed E-state index contributed by atoms with van der Waals surface area (Å²) in [6, 6.07) is 7.00. The van der Waals surface area contributed by atoms with Crippen molar-refractivity contribution in [2.45, 2.75) is 38.6 Å². The van der Waals surface area contributed by atoms with Crippen molar-refractivity contribution in [1.82, 2.24) is 4.90 Å². The molecule has 22 heavy (non-hydrogen) atoms. The fourth-order valence-corrected chi connectivity index (χ4v) is 3.81. The molecule has 0 saturated carbocycles. The average molecular weight is 305 g/mol. The molecule has 0 spiro atoms. The van der Waals surface area contributed by atoms with Crippen LogP contribution in [0.15, 0.2) is 24.3 Å². The van der Waals surface area contributed by atoms with Crippen molar-refractivity contribution in [2.24, 2.45) is 5.92 Å². The molecule has 0 radical (unpaired) electrons. The van der Waals surface area contributed by atoms with E-state index in [-0.39, 0.29) is 11.7 Å². The minimum absolute atomic E-state index is 0.125. The Kier molecular flexibility index (Phi) is 5.08. The van der Waals surface area contributed by atoms with Crippen molar-refractivity contribution in [3.8, 4) is 0 Å². The molecular formula is C18H26FN2O+. The Morgan fingerprint density at radius 3 is 2.73 bits per heavy atom. The number of halogens is 1. The lowest BCUT2D eigenvalue weighted by Gasteiger charge is -2.34. The van der Waals surface area contributed by atoms with Crippen LogP contribution in [0.2, 0.25) is 0 Å². The third-order valence-electron chi connectivity index (χ3n) is 5.03. The van der Waals surface area contributed by atoms with Crippen LogP contribution in [-0.4, -0.2) is 37.0 Å². The number of hydrogen-bond acceptors (Lipinski definition) is 1. The van der Waals surface area contributed by atoms with Crippen molar-refractivity contribution in [3.05, 3.63) is 35.6 Å². The van der Waals surface area contributed by atoms with Gasteiger partial charge in [0.25, 0.3) is 0 Å². The number of benzene rings is 1. The highest BCUT2D eigenvalue weighted by molar-refractivity contribution is 5.79. The number of amides is 1. The molecular weight excluding hydrogens is 279 g/mol. The number of carbonyl (C=O) groups excluding carboxylic acids is 1. The third-order valence-corrected chi connectivity index (χ3v) is 5.03. The molecule has 3 nitrogen and oxygen atoms in total. The van der Waals surface area contributed by atoms with Crippen molar-refractivity contribution in [2.75, 3.05) is 26.2 Å². The van der Waals surface area contributed by atoms with Crippen LogP contribution in [0.1, 0.15) is 37.7 Å². The SMILES string of the molecule is O=C([C@@H]1CCC[NH+](Cc2ccccc2F)C1)N1CCCCC1. The van der Waals surface area contributed by atoms with Gasteiger partial charge in [-0.05, 0) is 38.2 Å². The van der Waals surface area contributed by atoms with Crippen LogP contribution < -0.4 is 4.90 Å². The fraction of sp³-hybridized carbons (Fsp3) is 0.611. The Labute approximate surface area is 132 Å². The van der Waals surface area contributed by atoms with E-state index >= 15 is 0 Å². The highest BCUT2D eigenvalue weighted by atomic mass is 19.1. The van der Waals surface area contributed by atoms with Crippen LogP contribution in [0.25, 0.3) is 0 Å². The summed E-state index contributed by atoms with van der Waals surface area (Å²) in [6.45, 7) is 4.44. The zero-order valence-electron chi connectivity index (χ0n) is 13.2. The molecule has 0 aliphatic carbocycles. The molecule has 3 rings (SSSR count). The molecule has 1 aromatic carbocycles. The van der Waals surface area contributed by atoms with Gasteiger partial charge in [0.1, 0.15) is 12.4 Å². The Bertz CT molecular complexity index is 514. The maximum atomic E-state index is 13.8. The average Bonchev–Trinajstić information content (AvgIpc) is 2.57. The van der Waals surface area contributed by atoms with Crippen LogP contribution in [0, 0.1) is 11.7 Å². The molecule has 0 aromatic heterocycles. The van der Waals surface area contributed by atoms with E-state index in [2.05, 4.69) is 4.90 Å². The predicted octanol–water partition coefficient (Wildman–Crippen LogP) is 1.63. The number of quaternary nitrogens is 1. The van der Waals surface area contributed by atoms with E-state index in [0.29, 0.717) is 12.5 Å². The molecule has 2 atom stereocenters. The standard InChI is InChI=1S/C18H25FN2O/c19-17-9-3-2-7-15(17)13-20-10-6-8-16(14-20)18(22)21-11-4-1-5-12-21/h2-3,7,9,16H,1,4-6,8,10-14H2/p+1/t16-/m1/s1. The van der Waals surface area contributed by atoms with Gasteiger partial charge in [0.05, 0.1) is 19.0 Å². The summed E-state index contributed by atoms with van der Waals surface area (Å²) in [5.74, 6) is 0.346. The maximum Gasteiger partial charge on any atom is 0.231 e. The first-order chi connectivity index (χ1) is 10.7. The summed E-state index contributed by atoms with van der Waals surface area (Å²) in [4.78, 5) is 16.1. The number of rotatable bonds is 3. The molecule has 1 aromatic rings. The second kappa shape index (κ2) is 7.23. The molecule has 2 aliphatic heterocycles. The molecule has 1 unspecified atom stereocenters. The molecule has 2 aliphatic rings. The second-order valence-corrected chi connectivity index (χ2v) is 6.70. The first-order valence-electron chi connectivity index (χ1n) is 8.60. The molecule has 1 N–H and O–H groups in total. The van der Waals surface area contributed by atoms with Crippen molar-refractivity contribution in [3.63, 3.8) is 0 Å². The number of hydrogen-bond donors (Lipinski definition) is 1. The summed E-state index contributed by atoms with van der Waals surface area (Å²) in [5.41, 5.74) is 0.767. The van der Waals surface area contributed by atoms with Gasteiger partial charge in [0.15, 0.2) is 0 Å². The lowest BCUT2D eigenvalue weighted by atomic mass is 9.95. The van der Waals surface area contributed by atoms with Gasteiger partial charge in [-0.25, -0.2) is 4.39 Å². The van der Waals surface area contributed by atoms with Crippen LogP contribution in [0.5, 0.6) is 0 Å². The third kappa shape index (κ3) is 3.67. The lowest BCUT2D eigenvalue weighted by Crippen LogP contribution is -3.12. The predicted molar refractivity (Wildman–Crippen MR) is 84.0 cm³/mol. The summed E-state index contributed by atoms with van der Waals surface area (Å²) in [5, 5.41) is 0. The van der Waals surface area contributed by atoms with Crippen molar-refractivity contribution < 1.29 is 14.1 Å². The zero-order valence-corrected chi connectivity index (χ0v) is 13.2. The minimum Gasteiger partial charge on any atom is -0.342 e. The normalized spacial score (nSPS) is 26.0. The van der Waals surface area contributed by atoms with E-state index < -0.39 is 0 Å². The number of nitrogens with one attached hydrogen (secondary N) is 1. The van der Waals surface area contributed by atoms with Gasteiger partial charge in [0, 0.05) is 18.7 Å². The Balaban J connectivity index is 1.59. The van der Waals surface area contributed by atoms with Gasteiger partial charge in [-0.1, -0.05) is 18.2 Å². The highest BCUT2D eigenvalue weighted by Gasteiger charge is 2.32. The smallest absolute Gasteiger partial charge is 0.231 e. The van der Waals surface area contributed by atoms with Gasteiger partial charge < -0.3 is 9.80 Å².